The molecule has 3 aromatic rings. The van der Waals surface area contributed by atoms with Crippen LogP contribution < -0.4 is 10.2 Å². The van der Waals surface area contributed by atoms with Gasteiger partial charge >= 0.3 is 0 Å². The van der Waals surface area contributed by atoms with E-state index in [0.29, 0.717) is 24.3 Å². The molecule has 0 radical (unpaired) electrons. The van der Waals surface area contributed by atoms with E-state index in [1.165, 1.54) is 24.3 Å². The first-order chi connectivity index (χ1) is 15.5. The monoisotopic (exact) mass is 430 g/mol. The number of non-ortho nitro benzene ring substituents is 1. The summed E-state index contributed by atoms with van der Waals surface area (Å²) in [4.78, 5) is 39.4. The van der Waals surface area contributed by atoms with Gasteiger partial charge in [0.2, 0.25) is 0 Å². The number of anilines is 2. The molecule has 1 aliphatic heterocycles. The zero-order valence-electron chi connectivity index (χ0n) is 17.3. The van der Waals surface area contributed by atoms with Crippen LogP contribution in [-0.2, 0) is 0 Å². The molecule has 162 valence electrons. The molecule has 4 rings (SSSR count). The molecule has 8 nitrogen and oxygen atoms in total. The molecule has 0 bridgehead atoms. The largest absolute Gasteiger partial charge is 0.368 e. The summed E-state index contributed by atoms with van der Waals surface area (Å²) in [6, 6.07) is 22.3. The maximum atomic E-state index is 12.6. The predicted molar refractivity (Wildman–Crippen MR) is 122 cm³/mol. The second-order valence-electron chi connectivity index (χ2n) is 7.45. The van der Waals surface area contributed by atoms with Crippen LogP contribution in [0.4, 0.5) is 17.1 Å². The van der Waals surface area contributed by atoms with Gasteiger partial charge in [0.25, 0.3) is 17.5 Å². The lowest BCUT2D eigenvalue weighted by Crippen LogP contribution is -2.48. The van der Waals surface area contributed by atoms with Crippen LogP contribution in [0.5, 0.6) is 0 Å². The number of piperazine rings is 1. The fourth-order valence-corrected chi connectivity index (χ4v) is 3.65. The molecule has 1 aliphatic rings. The number of nitrogens with one attached hydrogen (secondary N) is 1. The van der Waals surface area contributed by atoms with Gasteiger partial charge in [0.15, 0.2) is 0 Å². The van der Waals surface area contributed by atoms with Gasteiger partial charge in [-0.3, -0.25) is 19.7 Å². The van der Waals surface area contributed by atoms with Crippen LogP contribution in [0.2, 0.25) is 0 Å². The maximum absolute atomic E-state index is 12.6. The van der Waals surface area contributed by atoms with Crippen molar-refractivity contribution < 1.29 is 14.5 Å². The summed E-state index contributed by atoms with van der Waals surface area (Å²) < 4.78 is 0. The van der Waals surface area contributed by atoms with Crippen molar-refractivity contribution in [3.8, 4) is 0 Å². The van der Waals surface area contributed by atoms with Crippen LogP contribution in [0, 0.1) is 10.1 Å². The second-order valence-corrected chi connectivity index (χ2v) is 7.45. The fraction of sp³-hybridized carbons (Fsp3) is 0.167. The maximum Gasteiger partial charge on any atom is 0.270 e. The van der Waals surface area contributed by atoms with Crippen LogP contribution in [0.1, 0.15) is 20.7 Å². The zero-order chi connectivity index (χ0) is 22.5. The van der Waals surface area contributed by atoms with E-state index in [0.717, 1.165) is 18.8 Å². The van der Waals surface area contributed by atoms with E-state index in [1.807, 2.05) is 47.4 Å². The quantitative estimate of drug-likeness (QED) is 0.491. The number of nitro benzene ring substituents is 1. The van der Waals surface area contributed by atoms with Gasteiger partial charge in [0.1, 0.15) is 0 Å². The number of nitrogens with zero attached hydrogens (tertiary/aromatic N) is 3. The lowest BCUT2D eigenvalue weighted by atomic mass is 10.1. The highest BCUT2D eigenvalue weighted by Crippen LogP contribution is 2.21. The Morgan fingerprint density at radius 3 is 2.12 bits per heavy atom. The van der Waals surface area contributed by atoms with E-state index >= 15 is 0 Å². The molecule has 0 aliphatic carbocycles. The highest BCUT2D eigenvalue weighted by molar-refractivity contribution is 6.04. The van der Waals surface area contributed by atoms with Gasteiger partial charge in [-0.25, -0.2) is 0 Å². The van der Waals surface area contributed by atoms with E-state index in [4.69, 9.17) is 0 Å². The third-order valence-electron chi connectivity index (χ3n) is 5.40. The minimum atomic E-state index is -0.529. The van der Waals surface area contributed by atoms with Crippen molar-refractivity contribution in [1.82, 2.24) is 4.90 Å². The molecule has 0 spiro atoms. The van der Waals surface area contributed by atoms with E-state index < -0.39 is 10.8 Å². The van der Waals surface area contributed by atoms with E-state index in [-0.39, 0.29) is 17.2 Å². The molecule has 8 heteroatoms. The molecule has 32 heavy (non-hydrogen) atoms. The average molecular weight is 430 g/mol. The standard InChI is InChI=1S/C24H22N4O4/c29-23(19-7-4-8-22(17-19)28(31)32)25-20-9-11-21(12-10-20)26-13-15-27(16-14-26)24(30)18-5-2-1-3-6-18/h1-12,17H,13-16H2,(H,25,29). The molecule has 0 unspecified atom stereocenters. The molecule has 1 saturated heterocycles. The van der Waals surface area contributed by atoms with Crippen LogP contribution in [0.25, 0.3) is 0 Å². The Kier molecular flexibility index (Phi) is 6.12. The Morgan fingerprint density at radius 2 is 1.47 bits per heavy atom. The van der Waals surface area contributed by atoms with Gasteiger partial charge in [0.05, 0.1) is 4.92 Å². The van der Waals surface area contributed by atoms with Crippen molar-refractivity contribution in [3.63, 3.8) is 0 Å². The lowest BCUT2D eigenvalue weighted by molar-refractivity contribution is -0.384. The summed E-state index contributed by atoms with van der Waals surface area (Å²) in [7, 11) is 0. The molecule has 0 aromatic heterocycles. The van der Waals surface area contributed by atoms with E-state index in [2.05, 4.69) is 10.2 Å². The first kappa shape index (κ1) is 21.0. The highest BCUT2D eigenvalue weighted by atomic mass is 16.6. The molecular weight excluding hydrogens is 408 g/mol. The minimum absolute atomic E-state index is 0.0458. The number of carbonyl (C=O) groups is 2. The summed E-state index contributed by atoms with van der Waals surface area (Å²) >= 11 is 0. The third-order valence-corrected chi connectivity index (χ3v) is 5.40. The van der Waals surface area contributed by atoms with Gasteiger partial charge in [-0.1, -0.05) is 24.3 Å². The zero-order valence-corrected chi connectivity index (χ0v) is 17.3. The minimum Gasteiger partial charge on any atom is -0.368 e. The molecule has 1 fully saturated rings. The summed E-state index contributed by atoms with van der Waals surface area (Å²) in [5, 5.41) is 13.7. The average Bonchev–Trinajstić information content (AvgIpc) is 2.85. The van der Waals surface area contributed by atoms with E-state index in [1.54, 1.807) is 12.1 Å². The van der Waals surface area contributed by atoms with Gasteiger partial charge < -0.3 is 15.1 Å². The Bertz CT molecular complexity index is 1120. The summed E-state index contributed by atoms with van der Waals surface area (Å²) in [6.07, 6.45) is 0. The van der Waals surface area contributed by atoms with Gasteiger partial charge in [-0.05, 0) is 42.5 Å². The van der Waals surface area contributed by atoms with E-state index in [9.17, 15) is 19.7 Å². The summed E-state index contributed by atoms with van der Waals surface area (Å²) in [5.41, 5.74) is 2.40. The molecule has 2 amide bonds. The number of nitro groups is 1. The van der Waals surface area contributed by atoms with Gasteiger partial charge in [-0.15, -0.1) is 0 Å². The van der Waals surface area contributed by atoms with Gasteiger partial charge in [-0.2, -0.15) is 0 Å². The Labute approximate surface area is 185 Å². The van der Waals surface area contributed by atoms with Crippen molar-refractivity contribution in [2.75, 3.05) is 36.4 Å². The molecule has 0 saturated carbocycles. The van der Waals surface area contributed by atoms with Crippen molar-refractivity contribution in [2.45, 2.75) is 0 Å². The second kappa shape index (κ2) is 9.30. The molecular formula is C24H22N4O4. The first-order valence-corrected chi connectivity index (χ1v) is 10.3. The normalized spacial score (nSPS) is 13.5. The third kappa shape index (κ3) is 4.75. The molecule has 0 atom stereocenters. The van der Waals surface area contributed by atoms with Crippen molar-refractivity contribution in [3.05, 3.63) is 100 Å². The first-order valence-electron chi connectivity index (χ1n) is 10.3. The smallest absolute Gasteiger partial charge is 0.270 e. The number of hydrogen-bond acceptors (Lipinski definition) is 5. The Hall–Kier alpha value is -4.20. The summed E-state index contributed by atoms with van der Waals surface area (Å²) in [6.45, 7) is 2.72. The van der Waals surface area contributed by atoms with Crippen LogP contribution >= 0.6 is 0 Å². The Balaban J connectivity index is 1.34. The predicted octanol–water partition coefficient (Wildman–Crippen LogP) is 3.81. The Morgan fingerprint density at radius 1 is 0.812 bits per heavy atom. The number of rotatable bonds is 5. The molecule has 3 aromatic carbocycles. The van der Waals surface area contributed by atoms with Crippen molar-refractivity contribution in [2.24, 2.45) is 0 Å². The molecule has 1 heterocycles. The number of benzene rings is 3. The van der Waals surface area contributed by atoms with Gasteiger partial charge in [0, 0.05) is 60.8 Å². The lowest BCUT2D eigenvalue weighted by Gasteiger charge is -2.36. The van der Waals surface area contributed by atoms with Crippen LogP contribution in [-0.4, -0.2) is 47.8 Å². The molecule has 1 N–H and O–H groups in total. The topological polar surface area (TPSA) is 95.8 Å². The number of carbonyl (C=O) groups excluding carboxylic acids is 2. The number of hydrogen-bond donors (Lipinski definition) is 1. The summed E-state index contributed by atoms with van der Waals surface area (Å²) in [5.74, 6) is -0.362. The highest BCUT2D eigenvalue weighted by Gasteiger charge is 2.22. The van der Waals surface area contributed by atoms with Crippen molar-refractivity contribution >= 4 is 28.9 Å². The van der Waals surface area contributed by atoms with Crippen molar-refractivity contribution in [1.29, 1.82) is 0 Å². The van der Waals surface area contributed by atoms with Crippen LogP contribution in [0.15, 0.2) is 78.9 Å². The van der Waals surface area contributed by atoms with Crippen LogP contribution in [0.3, 0.4) is 0 Å². The SMILES string of the molecule is O=C(Nc1ccc(N2CCN(C(=O)c3ccccc3)CC2)cc1)c1cccc([N+](=O)[O-])c1. The fourth-order valence-electron chi connectivity index (χ4n) is 3.65. The number of amides is 2.